The van der Waals surface area contributed by atoms with Gasteiger partial charge in [-0.15, -0.1) is 0 Å². The number of rotatable bonds is 3. The number of oxazole rings is 1. The molecule has 0 radical (unpaired) electrons. The number of aromatic nitrogens is 1. The first-order chi connectivity index (χ1) is 10.2. The molecule has 6 nitrogen and oxygen atoms in total. The smallest absolute Gasteiger partial charge is 0.227 e. The molecule has 0 unspecified atom stereocenters. The zero-order valence-electron chi connectivity index (χ0n) is 10.9. The van der Waals surface area contributed by atoms with E-state index in [1.54, 1.807) is 37.4 Å². The van der Waals surface area contributed by atoms with Crippen molar-refractivity contribution in [3.63, 3.8) is 0 Å². The summed E-state index contributed by atoms with van der Waals surface area (Å²) in [5.74, 6) is 1.02. The van der Waals surface area contributed by atoms with Gasteiger partial charge in [-0.2, -0.15) is 0 Å². The van der Waals surface area contributed by atoms with Crippen LogP contribution in [0.2, 0.25) is 5.02 Å². The molecule has 0 fully saturated rings. The highest BCUT2D eigenvalue weighted by Crippen LogP contribution is 2.32. The Labute approximate surface area is 124 Å². The molecule has 0 saturated carbocycles. The lowest BCUT2D eigenvalue weighted by Gasteiger charge is -2.03. The number of hydrogen-bond acceptors (Lipinski definition) is 4. The van der Waals surface area contributed by atoms with Gasteiger partial charge in [-0.25, -0.2) is 4.98 Å². The van der Waals surface area contributed by atoms with Gasteiger partial charge in [-0.3, -0.25) is 0 Å². The van der Waals surface area contributed by atoms with Crippen LogP contribution in [-0.4, -0.2) is 12.1 Å². The Bertz CT molecular complexity index is 869. The molecule has 3 rings (SSSR count). The van der Waals surface area contributed by atoms with Gasteiger partial charge >= 0.3 is 0 Å². The van der Waals surface area contributed by atoms with Crippen LogP contribution in [0, 0.1) is 0 Å². The highest BCUT2D eigenvalue weighted by Gasteiger charge is 2.11. The van der Waals surface area contributed by atoms with E-state index in [2.05, 4.69) is 15.0 Å². The van der Waals surface area contributed by atoms with E-state index in [1.165, 1.54) is 0 Å². The third kappa shape index (κ3) is 2.50. The van der Waals surface area contributed by atoms with Crippen LogP contribution in [0.5, 0.6) is 5.75 Å². The molecule has 0 saturated heterocycles. The molecule has 1 heterocycles. The van der Waals surface area contributed by atoms with Gasteiger partial charge in [0.05, 0.1) is 12.1 Å². The first kappa shape index (κ1) is 13.3. The Morgan fingerprint density at radius 3 is 2.86 bits per heavy atom. The van der Waals surface area contributed by atoms with Gasteiger partial charge in [-0.05, 0) is 41.9 Å². The van der Waals surface area contributed by atoms with Crippen molar-refractivity contribution in [2.24, 2.45) is 5.11 Å². The molecule has 2 aromatic carbocycles. The second-order valence-electron chi connectivity index (χ2n) is 4.21. The molecule has 0 N–H and O–H groups in total. The summed E-state index contributed by atoms with van der Waals surface area (Å²) >= 11 is 6.09. The van der Waals surface area contributed by atoms with Crippen molar-refractivity contribution < 1.29 is 9.15 Å². The predicted octanol–water partition coefficient (Wildman–Crippen LogP) is 5.10. The molecule has 21 heavy (non-hydrogen) atoms. The average molecular weight is 301 g/mol. The van der Waals surface area contributed by atoms with E-state index in [0.29, 0.717) is 33.4 Å². The molecule has 0 aliphatic carbocycles. The number of methoxy groups -OCH3 is 1. The maximum Gasteiger partial charge on any atom is 0.227 e. The van der Waals surface area contributed by atoms with Crippen molar-refractivity contribution in [1.82, 2.24) is 4.98 Å². The molecule has 104 valence electrons. The lowest BCUT2D eigenvalue weighted by atomic mass is 10.2. The SMILES string of the molecule is COc1ccc(-c2nc3cc(N=[N+]=[N-])ccc3o2)cc1Cl. The molecule has 0 aliphatic heterocycles. The Balaban J connectivity index is 2.08. The largest absolute Gasteiger partial charge is 0.495 e. The number of hydrogen-bond donors (Lipinski definition) is 0. The van der Waals surface area contributed by atoms with Crippen LogP contribution in [0.4, 0.5) is 5.69 Å². The normalized spacial score (nSPS) is 10.4. The van der Waals surface area contributed by atoms with Crippen LogP contribution >= 0.6 is 11.6 Å². The van der Waals surface area contributed by atoms with E-state index in [1.807, 2.05) is 6.07 Å². The predicted molar refractivity (Wildman–Crippen MR) is 79.8 cm³/mol. The minimum atomic E-state index is 0.438. The molecule has 1 aromatic heterocycles. The van der Waals surface area contributed by atoms with Crippen molar-refractivity contribution in [2.45, 2.75) is 0 Å². The van der Waals surface area contributed by atoms with Crippen LogP contribution < -0.4 is 4.74 Å². The Morgan fingerprint density at radius 1 is 1.29 bits per heavy atom. The highest BCUT2D eigenvalue weighted by atomic mass is 35.5. The van der Waals surface area contributed by atoms with Gasteiger partial charge in [0.15, 0.2) is 5.58 Å². The van der Waals surface area contributed by atoms with Crippen molar-refractivity contribution in [1.29, 1.82) is 0 Å². The minimum absolute atomic E-state index is 0.438. The average Bonchev–Trinajstić information content (AvgIpc) is 2.90. The molecular weight excluding hydrogens is 292 g/mol. The van der Waals surface area contributed by atoms with Crippen molar-refractivity contribution in [3.05, 3.63) is 51.9 Å². The summed E-state index contributed by atoms with van der Waals surface area (Å²) in [6.07, 6.45) is 0. The lowest BCUT2D eigenvalue weighted by molar-refractivity contribution is 0.415. The number of fused-ring (bicyclic) bond motifs is 1. The van der Waals surface area contributed by atoms with E-state index < -0.39 is 0 Å². The maximum absolute atomic E-state index is 8.44. The van der Waals surface area contributed by atoms with E-state index in [9.17, 15) is 0 Å². The number of benzene rings is 2. The fraction of sp³-hybridized carbons (Fsp3) is 0.0714. The van der Waals surface area contributed by atoms with E-state index in [4.69, 9.17) is 26.3 Å². The molecule has 0 bridgehead atoms. The van der Waals surface area contributed by atoms with E-state index >= 15 is 0 Å². The summed E-state index contributed by atoms with van der Waals surface area (Å²) in [5, 5.41) is 4.02. The zero-order chi connectivity index (χ0) is 14.8. The Kier molecular flexibility index (Phi) is 3.39. The third-order valence-corrected chi connectivity index (χ3v) is 3.23. The molecule has 7 heteroatoms. The fourth-order valence-electron chi connectivity index (χ4n) is 1.95. The molecule has 0 aliphatic rings. The molecular formula is C14H9ClN4O2. The summed E-state index contributed by atoms with van der Waals surface area (Å²) in [6, 6.07) is 10.3. The lowest BCUT2D eigenvalue weighted by Crippen LogP contribution is -1.85. The maximum atomic E-state index is 8.44. The second kappa shape index (κ2) is 5.36. The summed E-state index contributed by atoms with van der Waals surface area (Å²) < 4.78 is 10.8. The van der Waals surface area contributed by atoms with Crippen molar-refractivity contribution in [3.8, 4) is 17.2 Å². The van der Waals surface area contributed by atoms with Crippen LogP contribution in [0.25, 0.3) is 33.0 Å². The van der Waals surface area contributed by atoms with Crippen LogP contribution in [0.1, 0.15) is 0 Å². The Morgan fingerprint density at radius 2 is 2.14 bits per heavy atom. The topological polar surface area (TPSA) is 84.0 Å². The van der Waals surface area contributed by atoms with Gasteiger partial charge < -0.3 is 9.15 Å². The second-order valence-corrected chi connectivity index (χ2v) is 4.62. The summed E-state index contributed by atoms with van der Waals surface area (Å²) in [5.41, 5.74) is 10.9. The van der Waals surface area contributed by atoms with Gasteiger partial charge in [-0.1, -0.05) is 16.7 Å². The number of azide groups is 1. The van der Waals surface area contributed by atoms with Crippen molar-refractivity contribution in [2.75, 3.05) is 7.11 Å². The number of ether oxygens (including phenoxy) is 1. The van der Waals surface area contributed by atoms with Crippen LogP contribution in [0.15, 0.2) is 45.9 Å². The van der Waals surface area contributed by atoms with Crippen LogP contribution in [-0.2, 0) is 0 Å². The standard InChI is InChI=1S/C14H9ClN4O2/c1-20-12-4-2-8(6-10(12)15)14-17-11-7-9(18-19-16)3-5-13(11)21-14/h2-7H,1H3. The molecule has 3 aromatic rings. The summed E-state index contributed by atoms with van der Waals surface area (Å²) in [6.45, 7) is 0. The summed E-state index contributed by atoms with van der Waals surface area (Å²) in [7, 11) is 1.55. The minimum Gasteiger partial charge on any atom is -0.495 e. The number of nitrogens with zero attached hydrogens (tertiary/aromatic N) is 4. The monoisotopic (exact) mass is 300 g/mol. The van der Waals surface area contributed by atoms with Gasteiger partial charge in [0.2, 0.25) is 5.89 Å². The molecule has 0 atom stereocenters. The van der Waals surface area contributed by atoms with Gasteiger partial charge in [0.25, 0.3) is 0 Å². The van der Waals surface area contributed by atoms with Gasteiger partial charge in [0, 0.05) is 16.2 Å². The van der Waals surface area contributed by atoms with E-state index in [-0.39, 0.29) is 0 Å². The zero-order valence-corrected chi connectivity index (χ0v) is 11.7. The van der Waals surface area contributed by atoms with Crippen molar-refractivity contribution >= 4 is 28.4 Å². The molecule has 0 spiro atoms. The first-order valence-electron chi connectivity index (χ1n) is 6.01. The Hall–Kier alpha value is -2.69. The fourth-order valence-corrected chi connectivity index (χ4v) is 2.21. The third-order valence-electron chi connectivity index (χ3n) is 2.93. The van der Waals surface area contributed by atoms with Gasteiger partial charge in [0.1, 0.15) is 11.3 Å². The highest BCUT2D eigenvalue weighted by molar-refractivity contribution is 6.32. The quantitative estimate of drug-likeness (QED) is 0.383. The first-order valence-corrected chi connectivity index (χ1v) is 6.38. The number of halogens is 1. The van der Waals surface area contributed by atoms with Crippen LogP contribution in [0.3, 0.4) is 0 Å². The summed E-state index contributed by atoms with van der Waals surface area (Å²) in [4.78, 5) is 7.12. The molecule has 0 amide bonds. The van der Waals surface area contributed by atoms with E-state index in [0.717, 1.165) is 5.56 Å².